The number of rotatable bonds is 5. The first kappa shape index (κ1) is 14.4. The van der Waals surface area contributed by atoms with Gasteiger partial charge in [0.2, 0.25) is 0 Å². The Labute approximate surface area is 108 Å². The molecule has 0 unspecified atom stereocenters. The SMILES string of the molecule is CCN(CC)C(=O)c1cccc(CN=S(=O)=O)c1. The highest BCUT2D eigenvalue weighted by Crippen LogP contribution is 2.09. The first-order valence-corrected chi connectivity index (χ1v) is 6.76. The van der Waals surface area contributed by atoms with Gasteiger partial charge in [0.15, 0.2) is 0 Å². The van der Waals surface area contributed by atoms with Gasteiger partial charge in [0.1, 0.15) is 0 Å². The van der Waals surface area contributed by atoms with Gasteiger partial charge < -0.3 is 4.90 Å². The summed E-state index contributed by atoms with van der Waals surface area (Å²) >= 11 is 0. The van der Waals surface area contributed by atoms with Gasteiger partial charge in [-0.05, 0) is 31.5 Å². The normalized spacial score (nSPS) is 9.89. The largest absolute Gasteiger partial charge is 0.339 e. The van der Waals surface area contributed by atoms with Gasteiger partial charge >= 0.3 is 10.5 Å². The molecule has 0 heterocycles. The molecule has 6 heteroatoms. The molecule has 1 aromatic carbocycles. The highest BCUT2D eigenvalue weighted by atomic mass is 32.2. The van der Waals surface area contributed by atoms with Gasteiger partial charge in [-0.25, -0.2) is 0 Å². The molecule has 98 valence electrons. The molecule has 18 heavy (non-hydrogen) atoms. The summed E-state index contributed by atoms with van der Waals surface area (Å²) in [6.45, 7) is 5.20. The zero-order valence-electron chi connectivity index (χ0n) is 10.5. The van der Waals surface area contributed by atoms with E-state index in [1.165, 1.54) is 0 Å². The fraction of sp³-hybridized carbons (Fsp3) is 0.417. The lowest BCUT2D eigenvalue weighted by Gasteiger charge is -2.18. The van der Waals surface area contributed by atoms with Crippen LogP contribution in [0.5, 0.6) is 0 Å². The van der Waals surface area contributed by atoms with Crippen LogP contribution in [0.25, 0.3) is 0 Å². The second kappa shape index (κ2) is 6.90. The lowest BCUT2D eigenvalue weighted by atomic mass is 10.1. The number of carbonyl (C=O) groups excluding carboxylic acids is 1. The maximum atomic E-state index is 12.1. The highest BCUT2D eigenvalue weighted by molar-refractivity contribution is 7.61. The molecule has 0 aliphatic rings. The summed E-state index contributed by atoms with van der Waals surface area (Å²) in [5, 5.41) is 0. The van der Waals surface area contributed by atoms with Gasteiger partial charge in [0.05, 0.1) is 6.54 Å². The quantitative estimate of drug-likeness (QED) is 0.816. The monoisotopic (exact) mass is 268 g/mol. The number of amides is 1. The van der Waals surface area contributed by atoms with E-state index in [0.717, 1.165) is 0 Å². The van der Waals surface area contributed by atoms with Gasteiger partial charge in [-0.15, -0.1) is 0 Å². The molecule has 0 aliphatic heterocycles. The van der Waals surface area contributed by atoms with Gasteiger partial charge in [0, 0.05) is 18.7 Å². The molecule has 0 atom stereocenters. The van der Waals surface area contributed by atoms with Crippen LogP contribution in [0.2, 0.25) is 0 Å². The minimum Gasteiger partial charge on any atom is -0.339 e. The molecule has 0 radical (unpaired) electrons. The maximum absolute atomic E-state index is 12.1. The third-order valence-corrected chi connectivity index (χ3v) is 2.92. The van der Waals surface area contributed by atoms with E-state index in [4.69, 9.17) is 0 Å². The van der Waals surface area contributed by atoms with E-state index in [0.29, 0.717) is 24.2 Å². The molecule has 5 nitrogen and oxygen atoms in total. The van der Waals surface area contributed by atoms with Crippen molar-refractivity contribution in [1.82, 2.24) is 4.90 Å². The molecule has 0 saturated heterocycles. The zero-order valence-corrected chi connectivity index (χ0v) is 11.3. The Balaban J connectivity index is 2.94. The summed E-state index contributed by atoms with van der Waals surface area (Å²) in [5.74, 6) is -0.0508. The summed E-state index contributed by atoms with van der Waals surface area (Å²) in [6.07, 6.45) is 0. The third kappa shape index (κ3) is 3.96. The molecule has 0 spiro atoms. The molecule has 1 aromatic rings. The van der Waals surface area contributed by atoms with Crippen LogP contribution in [-0.2, 0) is 17.0 Å². The maximum Gasteiger partial charge on any atom is 0.311 e. The van der Waals surface area contributed by atoms with Crippen LogP contribution in [0.1, 0.15) is 29.8 Å². The smallest absolute Gasteiger partial charge is 0.311 e. The van der Waals surface area contributed by atoms with Crippen LogP contribution >= 0.6 is 0 Å². The van der Waals surface area contributed by atoms with Crippen molar-refractivity contribution < 1.29 is 13.2 Å². The van der Waals surface area contributed by atoms with Crippen molar-refractivity contribution in [3.63, 3.8) is 0 Å². The van der Waals surface area contributed by atoms with Crippen LogP contribution in [0.15, 0.2) is 28.6 Å². The molecule has 0 N–H and O–H groups in total. The molecule has 0 bridgehead atoms. The number of hydrogen-bond acceptors (Lipinski definition) is 4. The predicted molar refractivity (Wildman–Crippen MR) is 68.7 cm³/mol. The second-order valence-corrected chi connectivity index (χ2v) is 4.37. The Morgan fingerprint density at radius 2 is 1.94 bits per heavy atom. The van der Waals surface area contributed by atoms with Crippen LogP contribution < -0.4 is 0 Å². The van der Waals surface area contributed by atoms with E-state index in [2.05, 4.69) is 4.36 Å². The van der Waals surface area contributed by atoms with Crippen molar-refractivity contribution >= 4 is 16.4 Å². The number of carbonyl (C=O) groups is 1. The number of hydrogen-bond donors (Lipinski definition) is 0. The number of benzene rings is 1. The van der Waals surface area contributed by atoms with Crippen molar-refractivity contribution in [2.45, 2.75) is 20.4 Å². The van der Waals surface area contributed by atoms with Crippen molar-refractivity contribution in [2.24, 2.45) is 4.36 Å². The topological polar surface area (TPSA) is 66.8 Å². The molecule has 0 fully saturated rings. The molecular formula is C12H16N2O3S. The summed E-state index contributed by atoms with van der Waals surface area (Å²) in [6, 6.07) is 6.88. The highest BCUT2D eigenvalue weighted by Gasteiger charge is 2.12. The predicted octanol–water partition coefficient (Wildman–Crippen LogP) is 1.73. The molecular weight excluding hydrogens is 252 g/mol. The first-order chi connectivity index (χ1) is 8.58. The van der Waals surface area contributed by atoms with E-state index in [9.17, 15) is 13.2 Å². The number of nitrogens with zero attached hydrogens (tertiary/aromatic N) is 2. The summed E-state index contributed by atoms with van der Waals surface area (Å²) < 4.78 is 24.1. The second-order valence-electron chi connectivity index (χ2n) is 3.68. The Kier molecular flexibility index (Phi) is 5.51. The molecule has 0 saturated carbocycles. The van der Waals surface area contributed by atoms with E-state index in [1.54, 1.807) is 29.2 Å². The lowest BCUT2D eigenvalue weighted by molar-refractivity contribution is 0.0773. The van der Waals surface area contributed by atoms with E-state index >= 15 is 0 Å². The Morgan fingerprint density at radius 1 is 1.28 bits per heavy atom. The van der Waals surface area contributed by atoms with Crippen molar-refractivity contribution in [3.05, 3.63) is 35.4 Å². The summed E-state index contributed by atoms with van der Waals surface area (Å²) in [7, 11) is -2.42. The third-order valence-electron chi connectivity index (χ3n) is 2.58. The fourth-order valence-electron chi connectivity index (χ4n) is 1.62. The summed E-state index contributed by atoms with van der Waals surface area (Å²) in [4.78, 5) is 13.8. The minimum absolute atomic E-state index is 0.0508. The average Bonchev–Trinajstić information content (AvgIpc) is 2.38. The Hall–Kier alpha value is -1.69. The van der Waals surface area contributed by atoms with E-state index in [-0.39, 0.29) is 12.5 Å². The first-order valence-electron chi connectivity index (χ1n) is 5.73. The van der Waals surface area contributed by atoms with E-state index < -0.39 is 10.5 Å². The van der Waals surface area contributed by atoms with Crippen LogP contribution in [0, 0.1) is 0 Å². The molecule has 1 rings (SSSR count). The van der Waals surface area contributed by atoms with Crippen LogP contribution in [0.3, 0.4) is 0 Å². The van der Waals surface area contributed by atoms with Gasteiger partial charge in [-0.2, -0.15) is 12.8 Å². The summed E-state index contributed by atoms with van der Waals surface area (Å²) in [5.41, 5.74) is 1.26. The van der Waals surface area contributed by atoms with Crippen molar-refractivity contribution in [2.75, 3.05) is 13.1 Å². The van der Waals surface area contributed by atoms with Crippen LogP contribution in [0.4, 0.5) is 0 Å². The standard InChI is InChI=1S/C12H16N2O3S/c1-3-14(4-2)12(15)11-7-5-6-10(8-11)9-13-18(16)17/h5-8H,3-4,9H2,1-2H3. The van der Waals surface area contributed by atoms with Gasteiger partial charge in [0.25, 0.3) is 5.91 Å². The zero-order chi connectivity index (χ0) is 13.5. The van der Waals surface area contributed by atoms with Crippen molar-refractivity contribution in [1.29, 1.82) is 0 Å². The van der Waals surface area contributed by atoms with Crippen molar-refractivity contribution in [3.8, 4) is 0 Å². The van der Waals surface area contributed by atoms with E-state index in [1.807, 2.05) is 13.8 Å². The molecule has 0 aliphatic carbocycles. The molecule has 1 amide bonds. The van der Waals surface area contributed by atoms with Gasteiger partial charge in [-0.1, -0.05) is 12.1 Å². The fourth-order valence-corrected chi connectivity index (χ4v) is 1.88. The minimum atomic E-state index is -2.42. The Bertz CT molecular complexity index is 540. The van der Waals surface area contributed by atoms with Gasteiger partial charge in [-0.3, -0.25) is 4.79 Å². The molecule has 0 aromatic heterocycles. The Morgan fingerprint density at radius 3 is 2.50 bits per heavy atom. The lowest BCUT2D eigenvalue weighted by Crippen LogP contribution is -2.30. The van der Waals surface area contributed by atoms with Crippen LogP contribution in [-0.4, -0.2) is 32.3 Å². The average molecular weight is 268 g/mol.